The molecule has 0 amide bonds. The van der Waals surface area contributed by atoms with E-state index in [1.54, 1.807) is 20.8 Å². The summed E-state index contributed by atoms with van der Waals surface area (Å²) in [6.45, 7) is 5.08. The van der Waals surface area contributed by atoms with E-state index in [4.69, 9.17) is 4.74 Å². The van der Waals surface area contributed by atoms with Crippen LogP contribution in [0.5, 0.6) is 0 Å². The maximum Gasteiger partial charge on any atom is 0.319 e. The Morgan fingerprint density at radius 1 is 1.37 bits per heavy atom. The number of carbonyl (C=O) groups excluding carboxylic acids is 1. The molecule has 1 atom stereocenters. The van der Waals surface area contributed by atoms with Crippen LogP contribution in [0.25, 0.3) is 0 Å². The van der Waals surface area contributed by atoms with Crippen molar-refractivity contribution in [3.63, 3.8) is 0 Å². The maximum absolute atomic E-state index is 12.0. The molecule has 0 aliphatic carbocycles. The lowest BCUT2D eigenvalue weighted by atomic mass is 10.2. The fourth-order valence-electron chi connectivity index (χ4n) is 1.36. The van der Waals surface area contributed by atoms with E-state index in [0.717, 1.165) is 0 Å². The zero-order chi connectivity index (χ0) is 14.6. The molecule has 0 fully saturated rings. The van der Waals surface area contributed by atoms with Crippen molar-refractivity contribution in [2.45, 2.75) is 31.3 Å². The normalized spacial score (nSPS) is 12.8. The van der Waals surface area contributed by atoms with Crippen molar-refractivity contribution in [2.75, 3.05) is 5.75 Å². The van der Waals surface area contributed by atoms with E-state index in [1.807, 2.05) is 0 Å². The molecule has 7 heteroatoms. The second-order valence-electron chi connectivity index (χ2n) is 4.80. The number of ether oxygens (including phenoxy) is 1. The predicted molar refractivity (Wildman–Crippen MR) is 70.2 cm³/mol. The maximum atomic E-state index is 12.0. The summed E-state index contributed by atoms with van der Waals surface area (Å²) in [5, 5.41) is 10.8. The lowest BCUT2D eigenvalue weighted by molar-refractivity contribution is -0.387. The Balaban J connectivity index is 2.85. The Morgan fingerprint density at radius 2 is 1.95 bits per heavy atom. The molecular formula is C12H15NO5S. The molecule has 0 bridgehead atoms. The lowest BCUT2D eigenvalue weighted by Crippen LogP contribution is -2.27. The Labute approximate surface area is 113 Å². The number of esters is 1. The Kier molecular flexibility index (Phi) is 4.77. The molecule has 19 heavy (non-hydrogen) atoms. The highest BCUT2D eigenvalue weighted by molar-refractivity contribution is 7.85. The van der Waals surface area contributed by atoms with E-state index in [-0.39, 0.29) is 10.6 Å². The van der Waals surface area contributed by atoms with Crippen LogP contribution in [0.1, 0.15) is 20.8 Å². The number of benzene rings is 1. The van der Waals surface area contributed by atoms with Crippen LogP contribution in [-0.2, 0) is 20.3 Å². The molecule has 104 valence electrons. The molecule has 0 unspecified atom stereocenters. The number of para-hydroxylation sites is 1. The SMILES string of the molecule is CC(C)(C)OC(=O)C[S@@](=O)c1ccccc1[N+](=O)[O-]. The summed E-state index contributed by atoms with van der Waals surface area (Å²) in [6.07, 6.45) is 0. The van der Waals surface area contributed by atoms with Crippen LogP contribution in [0.2, 0.25) is 0 Å². The number of nitro benzene ring substituents is 1. The van der Waals surface area contributed by atoms with Crippen molar-refractivity contribution in [3.8, 4) is 0 Å². The monoisotopic (exact) mass is 285 g/mol. The van der Waals surface area contributed by atoms with Gasteiger partial charge in [0.15, 0.2) is 0 Å². The predicted octanol–water partition coefficient (Wildman–Crippen LogP) is 2.04. The van der Waals surface area contributed by atoms with Crippen LogP contribution in [-0.4, -0.2) is 26.5 Å². The number of hydrogen-bond donors (Lipinski definition) is 0. The summed E-state index contributed by atoms with van der Waals surface area (Å²) in [5.74, 6) is -1.05. The van der Waals surface area contributed by atoms with Crippen LogP contribution in [0.15, 0.2) is 29.2 Å². The van der Waals surface area contributed by atoms with Gasteiger partial charge >= 0.3 is 5.97 Å². The average molecular weight is 285 g/mol. The number of nitro groups is 1. The Morgan fingerprint density at radius 3 is 2.47 bits per heavy atom. The smallest absolute Gasteiger partial charge is 0.319 e. The summed E-state index contributed by atoms with van der Waals surface area (Å²) in [6, 6.07) is 5.64. The molecular weight excluding hydrogens is 270 g/mol. The van der Waals surface area contributed by atoms with Crippen LogP contribution >= 0.6 is 0 Å². The van der Waals surface area contributed by atoms with Crippen molar-refractivity contribution in [2.24, 2.45) is 0 Å². The van der Waals surface area contributed by atoms with Gasteiger partial charge in [-0.2, -0.15) is 0 Å². The summed E-state index contributed by atoms with van der Waals surface area (Å²) < 4.78 is 17.0. The topological polar surface area (TPSA) is 86.5 Å². The van der Waals surface area contributed by atoms with Gasteiger partial charge in [-0.05, 0) is 26.8 Å². The van der Waals surface area contributed by atoms with Gasteiger partial charge in [0.1, 0.15) is 16.2 Å². The zero-order valence-corrected chi connectivity index (χ0v) is 11.7. The van der Waals surface area contributed by atoms with Gasteiger partial charge in [-0.1, -0.05) is 12.1 Å². The van der Waals surface area contributed by atoms with E-state index in [9.17, 15) is 19.1 Å². The molecule has 0 N–H and O–H groups in total. The van der Waals surface area contributed by atoms with Gasteiger partial charge in [0.25, 0.3) is 5.69 Å². The third-order valence-electron chi connectivity index (χ3n) is 1.98. The summed E-state index contributed by atoms with van der Waals surface area (Å²) in [7, 11) is -1.80. The number of nitrogens with zero attached hydrogens (tertiary/aromatic N) is 1. The van der Waals surface area contributed by atoms with E-state index >= 15 is 0 Å². The minimum Gasteiger partial charge on any atom is -0.459 e. The third-order valence-corrected chi connectivity index (χ3v) is 3.31. The van der Waals surface area contributed by atoms with Crippen LogP contribution < -0.4 is 0 Å². The first-order valence-corrected chi connectivity index (χ1v) is 6.86. The number of rotatable bonds is 4. The summed E-state index contributed by atoms with van der Waals surface area (Å²) in [4.78, 5) is 21.7. The Hall–Kier alpha value is -1.76. The molecule has 1 aromatic carbocycles. The third kappa shape index (κ3) is 4.78. The minimum atomic E-state index is -1.80. The van der Waals surface area contributed by atoms with E-state index in [0.29, 0.717) is 0 Å². The first-order chi connectivity index (χ1) is 8.70. The van der Waals surface area contributed by atoms with Gasteiger partial charge < -0.3 is 4.74 Å². The van der Waals surface area contributed by atoms with Gasteiger partial charge in [0.05, 0.1) is 15.7 Å². The Bertz CT molecular complexity index is 521. The average Bonchev–Trinajstić information content (AvgIpc) is 2.26. The highest BCUT2D eigenvalue weighted by atomic mass is 32.2. The standard InChI is InChI=1S/C12H15NO5S/c1-12(2,3)18-11(14)8-19(17)10-7-5-4-6-9(10)13(15)16/h4-7H,8H2,1-3H3/t19-/m1/s1. The summed E-state index contributed by atoms with van der Waals surface area (Å²) in [5.41, 5.74) is -0.937. The zero-order valence-electron chi connectivity index (χ0n) is 10.9. The lowest BCUT2D eigenvalue weighted by Gasteiger charge is -2.19. The fraction of sp³-hybridized carbons (Fsp3) is 0.417. The van der Waals surface area contributed by atoms with Gasteiger partial charge in [0, 0.05) is 6.07 Å². The van der Waals surface area contributed by atoms with Crippen LogP contribution in [0, 0.1) is 10.1 Å². The van der Waals surface area contributed by atoms with Crippen molar-refractivity contribution >= 4 is 22.5 Å². The molecule has 0 spiro atoms. The molecule has 6 nitrogen and oxygen atoms in total. The second-order valence-corrected chi connectivity index (χ2v) is 6.22. The largest absolute Gasteiger partial charge is 0.459 e. The van der Waals surface area contributed by atoms with Gasteiger partial charge in [-0.15, -0.1) is 0 Å². The highest BCUT2D eigenvalue weighted by Gasteiger charge is 2.23. The quantitative estimate of drug-likeness (QED) is 0.480. The second kappa shape index (κ2) is 5.92. The molecule has 1 rings (SSSR count). The summed E-state index contributed by atoms with van der Waals surface area (Å²) >= 11 is 0. The van der Waals surface area contributed by atoms with Crippen molar-refractivity contribution < 1.29 is 18.7 Å². The van der Waals surface area contributed by atoms with Gasteiger partial charge in [-0.25, -0.2) is 0 Å². The van der Waals surface area contributed by atoms with Gasteiger partial charge in [0.2, 0.25) is 0 Å². The van der Waals surface area contributed by atoms with E-state index in [1.165, 1.54) is 24.3 Å². The van der Waals surface area contributed by atoms with E-state index in [2.05, 4.69) is 0 Å². The molecule has 0 radical (unpaired) electrons. The molecule has 0 aliphatic heterocycles. The van der Waals surface area contributed by atoms with Crippen LogP contribution in [0.4, 0.5) is 5.69 Å². The minimum absolute atomic E-state index is 0.0263. The molecule has 1 aromatic rings. The first kappa shape index (κ1) is 15.3. The molecule has 0 aromatic heterocycles. The molecule has 0 saturated carbocycles. The molecule has 0 aliphatic rings. The highest BCUT2D eigenvalue weighted by Crippen LogP contribution is 2.22. The van der Waals surface area contributed by atoms with Crippen molar-refractivity contribution in [3.05, 3.63) is 34.4 Å². The fourth-order valence-corrected chi connectivity index (χ4v) is 2.39. The number of hydrogen-bond acceptors (Lipinski definition) is 5. The van der Waals surface area contributed by atoms with Crippen LogP contribution in [0.3, 0.4) is 0 Å². The van der Waals surface area contributed by atoms with E-state index < -0.39 is 33.0 Å². The van der Waals surface area contributed by atoms with Crippen molar-refractivity contribution in [1.29, 1.82) is 0 Å². The molecule has 0 saturated heterocycles. The molecule has 0 heterocycles. The van der Waals surface area contributed by atoms with Crippen molar-refractivity contribution in [1.82, 2.24) is 0 Å². The first-order valence-electron chi connectivity index (χ1n) is 5.54. The number of carbonyl (C=O) groups is 1. The van der Waals surface area contributed by atoms with Gasteiger partial charge in [-0.3, -0.25) is 19.1 Å².